The van der Waals surface area contributed by atoms with Crippen LogP contribution in [0.4, 0.5) is 17.1 Å². The highest BCUT2D eigenvalue weighted by Crippen LogP contribution is 2.41. The molecule has 9 N–H and O–H groups in total. The number of thioether (sulfide) groups is 2. The summed E-state index contributed by atoms with van der Waals surface area (Å²) in [5.41, 5.74) is 18.3. The summed E-state index contributed by atoms with van der Waals surface area (Å²) in [6.45, 7) is 22.6. The van der Waals surface area contributed by atoms with Crippen LogP contribution in [0.25, 0.3) is 0 Å². The number of rotatable bonds is 18. The Balaban J connectivity index is 1.98. The highest BCUT2D eigenvalue weighted by molar-refractivity contribution is 7.99. The molecule has 0 bridgehead atoms. The predicted octanol–water partition coefficient (Wildman–Crippen LogP) is 9.34. The number of carbonyl (C=O) groups is 2. The fraction of sp³-hybridized carbons (Fsp3) is 0.442. The van der Waals surface area contributed by atoms with Crippen LogP contribution in [0.1, 0.15) is 119 Å². The van der Waals surface area contributed by atoms with Gasteiger partial charge in [-0.2, -0.15) is 0 Å². The summed E-state index contributed by atoms with van der Waals surface area (Å²) in [5.74, 6) is 2.41. The highest BCUT2D eigenvalue weighted by atomic mass is 32.2. The van der Waals surface area contributed by atoms with Crippen molar-refractivity contribution in [1.82, 2.24) is 10.6 Å². The van der Waals surface area contributed by atoms with Gasteiger partial charge in [0.25, 0.3) is 11.8 Å². The maximum Gasteiger partial charge on any atom is 0.255 e. The number of nitrogens with one attached hydrogen (secondary N) is 5. The molecule has 3 aromatic rings. The molecule has 0 radical (unpaired) electrons. The van der Waals surface area contributed by atoms with E-state index in [0.717, 1.165) is 55.9 Å². The molecular weight excluding hydrogens is 711 g/mol. The summed E-state index contributed by atoms with van der Waals surface area (Å²) < 4.78 is 0. The first-order valence-electron chi connectivity index (χ1n) is 18.8. The third-order valence-corrected chi connectivity index (χ3v) is 11.8. The zero-order chi connectivity index (χ0) is 40.2. The van der Waals surface area contributed by atoms with Crippen LogP contribution in [0.15, 0.2) is 82.1 Å². The molecule has 2 amide bonds. The number of anilines is 3. The van der Waals surface area contributed by atoms with Gasteiger partial charge in [-0.15, -0.1) is 23.5 Å². The van der Waals surface area contributed by atoms with E-state index in [1.54, 1.807) is 47.8 Å². The lowest BCUT2D eigenvalue weighted by Gasteiger charge is -2.27. The number of benzene rings is 3. The summed E-state index contributed by atoms with van der Waals surface area (Å²) in [6, 6.07) is 15.5. The fourth-order valence-electron chi connectivity index (χ4n) is 5.52. The molecule has 294 valence electrons. The van der Waals surface area contributed by atoms with E-state index in [9.17, 15) is 9.59 Å². The van der Waals surface area contributed by atoms with E-state index < -0.39 is 0 Å². The lowest BCUT2D eigenvalue weighted by molar-refractivity contribution is 0.102. The lowest BCUT2D eigenvalue weighted by Crippen LogP contribution is -2.22. The minimum absolute atomic E-state index is 0.110. The lowest BCUT2D eigenvalue weighted by atomic mass is 9.82. The second-order valence-electron chi connectivity index (χ2n) is 15.3. The van der Waals surface area contributed by atoms with Crippen molar-refractivity contribution in [2.24, 2.45) is 11.5 Å². The minimum Gasteiger partial charge on any atom is -0.387 e. The summed E-state index contributed by atoms with van der Waals surface area (Å²) in [7, 11) is 1.90. The van der Waals surface area contributed by atoms with Crippen LogP contribution < -0.4 is 38.1 Å². The quantitative estimate of drug-likeness (QED) is 0.0497. The van der Waals surface area contributed by atoms with Crippen LogP contribution in [0, 0.1) is 0 Å². The topological polar surface area (TPSA) is 146 Å². The average Bonchev–Trinajstić information content (AvgIpc) is 3.14. The first-order valence-corrected chi connectivity index (χ1v) is 20.8. The maximum atomic E-state index is 14.0. The standard InChI is InChI=1S/C43H63N7O2S2/c1-12-36(44)47-18-20-53-38-32(27(4)5)23-30(42(6,7)8)24-34(38)49-40(51)28-16-15-17-29(22-28)41(52)50-35-26-31(43(9,10)14-3)25-33(46-11)39(35)54-21-19-48-37(45)13-2/h12-13,15-17,22-27,46-48H,14,18-21,44-45H2,1-11H3,(H,49,51)(H,50,52)/b36-12+,37-13+. The predicted molar refractivity (Wildman–Crippen MR) is 234 cm³/mol. The Labute approximate surface area is 332 Å². The van der Waals surface area contributed by atoms with Crippen molar-refractivity contribution in [2.75, 3.05) is 47.6 Å². The van der Waals surface area contributed by atoms with Crippen LogP contribution in [0.2, 0.25) is 0 Å². The Morgan fingerprint density at radius 3 is 1.69 bits per heavy atom. The SMILES string of the molecule is C/C=C(\N)NCCSc1c(NC)cc(C(C)(C)CC)cc1NC(=O)c1cccc(C(=O)Nc2cc(C(C)(C)C)cc(C(C)C)c2SCCN/C(N)=C/C)c1. The molecule has 0 atom stereocenters. The molecule has 0 aliphatic heterocycles. The first-order chi connectivity index (χ1) is 25.4. The molecule has 9 nitrogen and oxygen atoms in total. The van der Waals surface area contributed by atoms with Gasteiger partial charge >= 0.3 is 0 Å². The maximum absolute atomic E-state index is 14.0. The number of hydrogen-bond donors (Lipinski definition) is 7. The van der Waals surface area contributed by atoms with Gasteiger partial charge in [0.2, 0.25) is 0 Å². The Bertz CT molecular complexity index is 1830. The van der Waals surface area contributed by atoms with E-state index in [1.165, 1.54) is 5.56 Å². The molecule has 0 heterocycles. The van der Waals surface area contributed by atoms with Gasteiger partial charge in [-0.3, -0.25) is 9.59 Å². The Kier molecular flexibility index (Phi) is 16.3. The van der Waals surface area contributed by atoms with Gasteiger partial charge in [0.05, 0.1) is 27.9 Å². The van der Waals surface area contributed by atoms with Gasteiger partial charge in [0.15, 0.2) is 0 Å². The molecule has 0 fully saturated rings. The zero-order valence-electron chi connectivity index (χ0n) is 34.2. The first kappa shape index (κ1) is 44.2. The Morgan fingerprint density at radius 1 is 0.741 bits per heavy atom. The molecule has 54 heavy (non-hydrogen) atoms. The summed E-state index contributed by atoms with van der Waals surface area (Å²) in [5, 5.41) is 16.2. The zero-order valence-corrected chi connectivity index (χ0v) is 35.8. The van der Waals surface area contributed by atoms with Crippen molar-refractivity contribution >= 4 is 52.4 Å². The minimum atomic E-state index is -0.294. The average molecular weight is 774 g/mol. The normalized spacial score (nSPS) is 12.4. The Hall–Kier alpha value is -4.22. The van der Waals surface area contributed by atoms with Crippen molar-refractivity contribution in [1.29, 1.82) is 0 Å². The molecule has 11 heteroatoms. The van der Waals surface area contributed by atoms with Crippen LogP contribution in [-0.4, -0.2) is 43.5 Å². The van der Waals surface area contributed by atoms with Gasteiger partial charge in [-0.1, -0.05) is 67.5 Å². The van der Waals surface area contributed by atoms with Crippen molar-refractivity contribution in [3.8, 4) is 0 Å². The molecular formula is C43H63N7O2S2. The molecule has 0 aromatic heterocycles. The second kappa shape index (κ2) is 19.9. The molecule has 0 unspecified atom stereocenters. The van der Waals surface area contributed by atoms with Gasteiger partial charge in [-0.25, -0.2) is 0 Å². The van der Waals surface area contributed by atoms with Gasteiger partial charge in [0, 0.05) is 53.4 Å². The summed E-state index contributed by atoms with van der Waals surface area (Å²) >= 11 is 3.33. The Morgan fingerprint density at radius 2 is 1.22 bits per heavy atom. The largest absolute Gasteiger partial charge is 0.387 e. The van der Waals surface area contributed by atoms with E-state index in [2.05, 4.69) is 106 Å². The van der Waals surface area contributed by atoms with Gasteiger partial charge < -0.3 is 38.1 Å². The number of carbonyl (C=O) groups excluding carboxylic acids is 2. The molecule has 0 aliphatic rings. The van der Waals surface area contributed by atoms with Crippen LogP contribution in [0.3, 0.4) is 0 Å². The third-order valence-electron chi connectivity index (χ3n) is 9.49. The molecule has 3 rings (SSSR count). The molecule has 0 aliphatic carbocycles. The van der Waals surface area contributed by atoms with Crippen molar-refractivity contribution in [3.05, 3.63) is 100 Å². The molecule has 0 spiro atoms. The number of amides is 2. The van der Waals surface area contributed by atoms with E-state index in [4.69, 9.17) is 11.5 Å². The van der Waals surface area contributed by atoms with Crippen molar-refractivity contribution < 1.29 is 9.59 Å². The van der Waals surface area contributed by atoms with E-state index in [-0.39, 0.29) is 28.6 Å². The van der Waals surface area contributed by atoms with Gasteiger partial charge in [-0.05, 0) is 102 Å². The van der Waals surface area contributed by atoms with Crippen molar-refractivity contribution in [3.63, 3.8) is 0 Å². The summed E-state index contributed by atoms with van der Waals surface area (Å²) in [6.07, 6.45) is 4.60. The molecule has 3 aromatic carbocycles. The smallest absolute Gasteiger partial charge is 0.255 e. The van der Waals surface area contributed by atoms with Gasteiger partial charge in [0.1, 0.15) is 0 Å². The monoisotopic (exact) mass is 773 g/mol. The number of nitrogens with two attached hydrogens (primary N) is 2. The number of allylic oxidation sites excluding steroid dienone is 2. The summed E-state index contributed by atoms with van der Waals surface area (Å²) in [4.78, 5) is 30.0. The second-order valence-corrected chi connectivity index (χ2v) is 17.5. The fourth-order valence-corrected chi connectivity index (χ4v) is 7.64. The van der Waals surface area contributed by atoms with Crippen LogP contribution in [-0.2, 0) is 10.8 Å². The highest BCUT2D eigenvalue weighted by Gasteiger charge is 2.25. The molecule has 0 saturated carbocycles. The van der Waals surface area contributed by atoms with E-state index in [0.29, 0.717) is 35.9 Å². The van der Waals surface area contributed by atoms with Crippen molar-refractivity contribution in [2.45, 2.75) is 102 Å². The van der Waals surface area contributed by atoms with Crippen LogP contribution >= 0.6 is 23.5 Å². The molecule has 0 saturated heterocycles. The van der Waals surface area contributed by atoms with Crippen LogP contribution in [0.5, 0.6) is 0 Å². The third kappa shape index (κ3) is 12.1. The number of hydrogen-bond acceptors (Lipinski definition) is 9. The van der Waals surface area contributed by atoms with E-state index >= 15 is 0 Å². The van der Waals surface area contributed by atoms with E-state index in [1.807, 2.05) is 33.0 Å².